The number of carboxylic acid groups (broad SMARTS) is 1. The first-order chi connectivity index (χ1) is 26.2. The number of nitrogens with zero attached hydrogens (tertiary/aromatic N) is 3. The summed E-state index contributed by atoms with van der Waals surface area (Å²) in [5, 5.41) is 20.9. The average molecular weight is 798 g/mol. The Morgan fingerprint density at radius 3 is 2.34 bits per heavy atom. The fourth-order valence-corrected chi connectivity index (χ4v) is 7.78. The number of fused-ring (bicyclic) bond motifs is 1. The molecule has 2 heterocycles. The molecule has 1 saturated heterocycles. The van der Waals surface area contributed by atoms with Gasteiger partial charge in [-0.05, 0) is 37.4 Å². The molecule has 1 aromatic heterocycles. The molecule has 3 unspecified atom stereocenters. The SMILES string of the molecule is CNC(C(=O)NC(C(=O)N(C)C/C=C(\C)C(=O)NCCCC(=O)NCCN1C(=O)CC(SCCC(=O)O)C1=O)C(C)(C)C)C(C)(C)c1cn(C)c2ccccc12. The maximum absolute atomic E-state index is 13.9. The number of nitrogens with one attached hydrogen (secondary N) is 4. The van der Waals surface area contributed by atoms with Crippen LogP contribution >= 0.6 is 11.8 Å². The highest BCUT2D eigenvalue weighted by Gasteiger charge is 2.42. The molecule has 1 aliphatic heterocycles. The molecule has 3 atom stereocenters. The van der Waals surface area contributed by atoms with Gasteiger partial charge in [-0.25, -0.2) is 0 Å². The maximum atomic E-state index is 13.9. The highest BCUT2D eigenvalue weighted by Crippen LogP contribution is 2.35. The molecule has 1 aromatic carbocycles. The van der Waals surface area contributed by atoms with Gasteiger partial charge in [-0.1, -0.05) is 58.9 Å². The van der Waals surface area contributed by atoms with Crippen molar-refractivity contribution in [3.8, 4) is 0 Å². The number of aliphatic carboxylic acids is 1. The van der Waals surface area contributed by atoms with Crippen LogP contribution in [0.25, 0.3) is 10.9 Å². The van der Waals surface area contributed by atoms with E-state index in [9.17, 15) is 33.6 Å². The first kappa shape index (κ1) is 45.7. The van der Waals surface area contributed by atoms with Crippen LogP contribution in [0.1, 0.15) is 72.8 Å². The van der Waals surface area contributed by atoms with Crippen LogP contribution in [0.4, 0.5) is 0 Å². The third-order valence-corrected chi connectivity index (χ3v) is 11.2. The number of aryl methyl sites for hydroxylation is 1. The van der Waals surface area contributed by atoms with Gasteiger partial charge in [0.25, 0.3) is 0 Å². The lowest BCUT2D eigenvalue weighted by Gasteiger charge is -2.38. The number of amides is 6. The largest absolute Gasteiger partial charge is 0.481 e. The molecule has 1 aliphatic rings. The number of likely N-dealkylation sites (N-methyl/N-ethyl adjacent to an activating group) is 2. The van der Waals surface area contributed by atoms with Gasteiger partial charge in [0, 0.05) is 87.0 Å². The fraction of sp³-hybridized carbons (Fsp3) is 0.575. The fourth-order valence-electron chi connectivity index (χ4n) is 6.67. The molecule has 0 bridgehead atoms. The minimum Gasteiger partial charge on any atom is -0.481 e. The summed E-state index contributed by atoms with van der Waals surface area (Å²) < 4.78 is 2.04. The van der Waals surface area contributed by atoms with Crippen LogP contribution in [0.5, 0.6) is 0 Å². The number of likely N-dealkylation sites (tertiary alicyclic amines) is 1. The zero-order valence-electron chi connectivity index (χ0n) is 34.1. The van der Waals surface area contributed by atoms with Crippen molar-refractivity contribution in [2.45, 2.75) is 90.0 Å². The molecule has 1 fully saturated rings. The molecule has 0 spiro atoms. The first-order valence-electron chi connectivity index (χ1n) is 18.9. The van der Waals surface area contributed by atoms with Crippen molar-refractivity contribution in [1.29, 1.82) is 0 Å². The molecule has 308 valence electrons. The number of imide groups is 1. The molecule has 0 aliphatic carbocycles. The summed E-state index contributed by atoms with van der Waals surface area (Å²) in [5.41, 5.74) is 1.19. The van der Waals surface area contributed by atoms with Gasteiger partial charge in [0.05, 0.1) is 17.7 Å². The number of carbonyl (C=O) groups is 7. The van der Waals surface area contributed by atoms with Crippen LogP contribution in [0.2, 0.25) is 0 Å². The Morgan fingerprint density at radius 2 is 1.70 bits per heavy atom. The first-order valence-corrected chi connectivity index (χ1v) is 19.9. The second-order valence-corrected chi connectivity index (χ2v) is 17.1. The number of rotatable bonds is 20. The lowest BCUT2D eigenvalue weighted by atomic mass is 9.76. The Bertz CT molecular complexity index is 1810. The Kier molecular flexibility index (Phi) is 16.3. The summed E-state index contributed by atoms with van der Waals surface area (Å²) in [5.74, 6) is -2.71. The van der Waals surface area contributed by atoms with Crippen LogP contribution in [-0.4, -0.2) is 124 Å². The zero-order valence-corrected chi connectivity index (χ0v) is 34.9. The van der Waals surface area contributed by atoms with Gasteiger partial charge < -0.3 is 35.8 Å². The van der Waals surface area contributed by atoms with Crippen molar-refractivity contribution in [3.05, 3.63) is 47.7 Å². The van der Waals surface area contributed by atoms with Crippen LogP contribution in [0.15, 0.2) is 42.1 Å². The Hall–Kier alpha value is -4.70. The van der Waals surface area contributed by atoms with Crippen LogP contribution < -0.4 is 21.3 Å². The summed E-state index contributed by atoms with van der Waals surface area (Å²) in [6.45, 7) is 11.8. The van der Waals surface area contributed by atoms with E-state index in [-0.39, 0.29) is 86.6 Å². The van der Waals surface area contributed by atoms with Crippen LogP contribution in [-0.2, 0) is 46.0 Å². The molecule has 6 amide bonds. The van der Waals surface area contributed by atoms with Gasteiger partial charge in [-0.2, -0.15) is 0 Å². The minimum atomic E-state index is -0.970. The van der Waals surface area contributed by atoms with Crippen molar-refractivity contribution in [3.63, 3.8) is 0 Å². The van der Waals surface area contributed by atoms with Crippen molar-refractivity contribution in [1.82, 2.24) is 35.6 Å². The van der Waals surface area contributed by atoms with E-state index in [2.05, 4.69) is 21.3 Å². The van der Waals surface area contributed by atoms with Gasteiger partial charge in [-0.3, -0.25) is 38.5 Å². The van der Waals surface area contributed by atoms with Crippen molar-refractivity contribution in [2.24, 2.45) is 12.5 Å². The number of para-hydroxylation sites is 1. The Morgan fingerprint density at radius 1 is 1.02 bits per heavy atom. The summed E-state index contributed by atoms with van der Waals surface area (Å²) >= 11 is 1.14. The molecule has 56 heavy (non-hydrogen) atoms. The molecular formula is C40H59N7O8S. The summed E-state index contributed by atoms with van der Waals surface area (Å²) in [6.07, 6.45) is 4.06. The lowest BCUT2D eigenvalue weighted by Crippen LogP contribution is -2.60. The maximum Gasteiger partial charge on any atom is 0.304 e. The Balaban J connectivity index is 1.47. The molecule has 3 rings (SSSR count). The predicted octanol–water partition coefficient (Wildman–Crippen LogP) is 2.33. The smallest absolute Gasteiger partial charge is 0.304 e. The predicted molar refractivity (Wildman–Crippen MR) is 217 cm³/mol. The number of aromatic nitrogens is 1. The van der Waals surface area contributed by atoms with Crippen molar-refractivity contribution >= 4 is 64.1 Å². The number of hydrogen-bond acceptors (Lipinski definition) is 9. The minimum absolute atomic E-state index is 0.0105. The van der Waals surface area contributed by atoms with E-state index in [1.54, 1.807) is 27.1 Å². The van der Waals surface area contributed by atoms with Crippen LogP contribution in [0.3, 0.4) is 0 Å². The third kappa shape index (κ3) is 11.9. The number of hydrogen-bond donors (Lipinski definition) is 5. The average Bonchev–Trinajstić information content (AvgIpc) is 3.61. The molecular weight excluding hydrogens is 739 g/mol. The van der Waals surface area contributed by atoms with E-state index in [1.165, 1.54) is 4.90 Å². The van der Waals surface area contributed by atoms with Gasteiger partial charge in [0.15, 0.2) is 0 Å². The topological polar surface area (TPSA) is 199 Å². The van der Waals surface area contributed by atoms with Crippen molar-refractivity contribution < 1.29 is 38.7 Å². The summed E-state index contributed by atoms with van der Waals surface area (Å²) in [7, 11) is 5.34. The van der Waals surface area contributed by atoms with E-state index in [4.69, 9.17) is 5.11 Å². The zero-order chi connectivity index (χ0) is 42.0. The molecule has 16 heteroatoms. The van der Waals surface area contributed by atoms with E-state index < -0.39 is 34.1 Å². The van der Waals surface area contributed by atoms with E-state index in [1.807, 2.05) is 76.7 Å². The standard InChI is InChI=1S/C40H59N7O8S/c1-25(35(52)43-18-12-15-30(48)42-19-21-47-31(49)23-29(37(47)54)56-22-17-32(50)51)16-20-45(8)38(55)34(39(2,3)4)44-36(53)33(41-7)40(5,6)27-24-46(9)28-14-11-10-13-26(27)28/h10-11,13-14,16,24,29,33-34,41H,12,15,17-23H2,1-9H3,(H,42,48)(H,43,52)(H,44,53)(H,50,51)/b25-16+. The van der Waals surface area contributed by atoms with Crippen molar-refractivity contribution in [2.75, 3.05) is 46.0 Å². The lowest BCUT2D eigenvalue weighted by molar-refractivity contribution is -0.139. The monoisotopic (exact) mass is 797 g/mol. The summed E-state index contributed by atoms with van der Waals surface area (Å²) in [4.78, 5) is 90.9. The normalized spacial score (nSPS) is 16.1. The van der Waals surface area contributed by atoms with E-state index >= 15 is 0 Å². The quantitative estimate of drug-likeness (QED) is 0.0753. The van der Waals surface area contributed by atoms with Gasteiger partial charge in [-0.15, -0.1) is 11.8 Å². The highest BCUT2D eigenvalue weighted by atomic mass is 32.2. The van der Waals surface area contributed by atoms with Crippen LogP contribution in [0, 0.1) is 5.41 Å². The molecule has 0 saturated carbocycles. The number of carboxylic acids is 1. The number of benzene rings is 1. The van der Waals surface area contributed by atoms with Gasteiger partial charge in [0.2, 0.25) is 35.4 Å². The summed E-state index contributed by atoms with van der Waals surface area (Å²) in [6, 6.07) is 6.53. The molecule has 15 nitrogen and oxygen atoms in total. The second kappa shape index (κ2) is 19.9. The number of carbonyl (C=O) groups excluding carboxylic acids is 6. The Labute approximate surface area is 333 Å². The molecule has 0 radical (unpaired) electrons. The van der Waals surface area contributed by atoms with E-state index in [0.29, 0.717) is 12.0 Å². The second-order valence-electron chi connectivity index (χ2n) is 15.8. The highest BCUT2D eigenvalue weighted by molar-refractivity contribution is 8.00. The molecule has 2 aromatic rings. The third-order valence-electron chi connectivity index (χ3n) is 10.0. The van der Waals surface area contributed by atoms with Gasteiger partial charge in [0.1, 0.15) is 6.04 Å². The van der Waals surface area contributed by atoms with Gasteiger partial charge >= 0.3 is 5.97 Å². The number of thioether (sulfide) groups is 1. The van der Waals surface area contributed by atoms with E-state index in [0.717, 1.165) is 33.1 Å². The molecule has 5 N–H and O–H groups in total.